The average molecular weight is 579 g/mol. The number of carbonyl (C=O) groups excluding carboxylic acids is 1. The van der Waals surface area contributed by atoms with Gasteiger partial charge in [-0.15, -0.1) is 11.3 Å². The van der Waals surface area contributed by atoms with E-state index in [1.54, 1.807) is 12.2 Å². The fourth-order valence-electron chi connectivity index (χ4n) is 4.26. The minimum absolute atomic E-state index is 0.111. The maximum atomic E-state index is 13.2. The number of nitrogens with zero attached hydrogens (tertiary/aromatic N) is 2. The Balaban J connectivity index is 1.34. The van der Waals surface area contributed by atoms with E-state index >= 15 is 0 Å². The third-order valence-electron chi connectivity index (χ3n) is 6.31. The van der Waals surface area contributed by atoms with Gasteiger partial charge in [-0.1, -0.05) is 83.9 Å². The Morgan fingerprint density at radius 3 is 2.51 bits per heavy atom. The lowest BCUT2D eigenvalue weighted by molar-refractivity contribution is -0.123. The maximum Gasteiger partial charge on any atom is 0.253 e. The molecule has 1 aliphatic rings. The summed E-state index contributed by atoms with van der Waals surface area (Å²) in [4.78, 5) is 18.0. The van der Waals surface area contributed by atoms with E-state index in [1.807, 2.05) is 73.7 Å². The van der Waals surface area contributed by atoms with Crippen LogP contribution in [0.5, 0.6) is 0 Å². The quantitative estimate of drug-likeness (QED) is 0.251. The van der Waals surface area contributed by atoms with Gasteiger partial charge in [-0.05, 0) is 42.3 Å². The van der Waals surface area contributed by atoms with Crippen LogP contribution >= 0.6 is 22.9 Å². The zero-order chi connectivity index (χ0) is 27.4. The topological polar surface area (TPSA) is 91.4 Å². The third-order valence-corrected chi connectivity index (χ3v) is 9.86. The number of benzene rings is 2. The number of sulfonamides is 1. The number of thiophene rings is 1. The summed E-state index contributed by atoms with van der Waals surface area (Å²) in [6.07, 6.45) is 3.30. The summed E-state index contributed by atoms with van der Waals surface area (Å²) in [7, 11) is -3.86. The highest BCUT2D eigenvalue weighted by atomic mass is 35.5. The number of rotatable bonds is 9. The average Bonchev–Trinajstić information content (AvgIpc) is 3.62. The highest BCUT2D eigenvalue weighted by Gasteiger charge is 2.37. The summed E-state index contributed by atoms with van der Waals surface area (Å²) in [5.74, 6) is 0.281. The van der Waals surface area contributed by atoms with Crippen LogP contribution in [-0.4, -0.2) is 36.2 Å². The lowest BCUT2D eigenvalue weighted by atomic mass is 10.1. The van der Waals surface area contributed by atoms with Gasteiger partial charge in [-0.25, -0.2) is 13.4 Å². The molecule has 5 rings (SSSR count). The first-order valence-corrected chi connectivity index (χ1v) is 15.0. The predicted molar refractivity (Wildman–Crippen MR) is 156 cm³/mol. The van der Waals surface area contributed by atoms with Crippen LogP contribution < -0.4 is 10.6 Å². The van der Waals surface area contributed by atoms with Gasteiger partial charge < -0.3 is 10.6 Å². The highest BCUT2D eigenvalue weighted by molar-refractivity contribution is 7.91. The molecule has 3 heterocycles. The van der Waals surface area contributed by atoms with Crippen LogP contribution in [0.25, 0.3) is 11.3 Å². The van der Waals surface area contributed by atoms with Crippen molar-refractivity contribution in [1.29, 1.82) is 0 Å². The predicted octanol–water partition coefficient (Wildman–Crippen LogP) is 5.63. The summed E-state index contributed by atoms with van der Waals surface area (Å²) in [5, 5.41) is 6.29. The van der Waals surface area contributed by atoms with Crippen molar-refractivity contribution in [1.82, 2.24) is 14.6 Å². The van der Waals surface area contributed by atoms with Crippen LogP contribution in [-0.2, 0) is 27.9 Å². The monoisotopic (exact) mass is 578 g/mol. The number of amides is 1. The number of aromatic nitrogens is 1. The van der Waals surface area contributed by atoms with Gasteiger partial charge in [0.15, 0.2) is 0 Å². The van der Waals surface area contributed by atoms with E-state index in [-0.39, 0.29) is 17.3 Å². The first-order chi connectivity index (χ1) is 18.8. The van der Waals surface area contributed by atoms with E-state index in [2.05, 4.69) is 10.6 Å². The third kappa shape index (κ3) is 6.39. The molecule has 1 aliphatic heterocycles. The fourth-order valence-corrected chi connectivity index (χ4v) is 7.37. The SMILES string of the molecule is Cc1ccc(-c2cc(CNC(=O)C3C=CCN3S(=O)(=O)c3ccc(Cl)s3)cc(NCc3ccccc3)n2)cc1. The second kappa shape index (κ2) is 11.7. The molecule has 0 bridgehead atoms. The molecule has 2 aromatic heterocycles. The molecule has 0 saturated carbocycles. The molecule has 4 aromatic rings. The molecule has 2 N–H and O–H groups in total. The maximum absolute atomic E-state index is 13.2. The van der Waals surface area contributed by atoms with Crippen molar-refractivity contribution >= 4 is 44.7 Å². The van der Waals surface area contributed by atoms with Crippen LogP contribution in [0, 0.1) is 6.92 Å². The molecule has 1 amide bonds. The van der Waals surface area contributed by atoms with Crippen molar-refractivity contribution in [3.05, 3.63) is 112 Å². The number of nitrogens with one attached hydrogen (secondary N) is 2. The number of aryl methyl sites for hydroxylation is 1. The summed E-state index contributed by atoms with van der Waals surface area (Å²) in [6, 6.07) is 24.0. The molecule has 0 fully saturated rings. The van der Waals surface area contributed by atoms with Gasteiger partial charge in [0.05, 0.1) is 10.0 Å². The largest absolute Gasteiger partial charge is 0.366 e. The lowest BCUT2D eigenvalue weighted by Crippen LogP contribution is -2.45. The molecule has 7 nitrogen and oxygen atoms in total. The highest BCUT2D eigenvalue weighted by Crippen LogP contribution is 2.30. The molecule has 0 spiro atoms. The summed E-state index contributed by atoms with van der Waals surface area (Å²) >= 11 is 6.93. The molecule has 0 saturated heterocycles. The van der Waals surface area contributed by atoms with Gasteiger partial charge in [-0.3, -0.25) is 4.79 Å². The van der Waals surface area contributed by atoms with Crippen LogP contribution in [0.15, 0.2) is 95.2 Å². The molecule has 10 heteroatoms. The number of hydrogen-bond donors (Lipinski definition) is 2. The van der Waals surface area contributed by atoms with E-state index in [0.29, 0.717) is 16.7 Å². The smallest absolute Gasteiger partial charge is 0.253 e. The molecule has 39 heavy (non-hydrogen) atoms. The standard InChI is InChI=1S/C29H27ClN4O3S2/c1-20-9-11-23(12-10-20)24-16-22(17-27(33-24)31-18-21-6-3-2-4-7-21)19-32-29(35)25-8-5-15-34(25)39(36,37)28-14-13-26(30)38-28/h2-14,16-17,25H,15,18-19H2,1H3,(H,31,33)(H,32,35). The Hall–Kier alpha value is -3.50. The van der Waals surface area contributed by atoms with E-state index in [1.165, 1.54) is 16.4 Å². The summed E-state index contributed by atoms with van der Waals surface area (Å²) < 4.78 is 27.9. The number of carbonyl (C=O) groups is 1. The summed E-state index contributed by atoms with van der Waals surface area (Å²) in [5.41, 5.74) is 4.85. The second-order valence-corrected chi connectivity index (χ2v) is 13.0. The van der Waals surface area contributed by atoms with Crippen LogP contribution in [0.4, 0.5) is 5.82 Å². The van der Waals surface area contributed by atoms with Crippen LogP contribution in [0.2, 0.25) is 4.34 Å². The van der Waals surface area contributed by atoms with E-state index in [9.17, 15) is 13.2 Å². The van der Waals surface area contributed by atoms with E-state index < -0.39 is 22.0 Å². The zero-order valence-corrected chi connectivity index (χ0v) is 23.6. The lowest BCUT2D eigenvalue weighted by Gasteiger charge is -2.22. The summed E-state index contributed by atoms with van der Waals surface area (Å²) in [6.45, 7) is 2.97. The first kappa shape index (κ1) is 27.1. The van der Waals surface area contributed by atoms with Crippen molar-refractivity contribution in [3.63, 3.8) is 0 Å². The second-order valence-electron chi connectivity index (χ2n) is 9.18. The van der Waals surface area contributed by atoms with E-state index in [4.69, 9.17) is 16.6 Å². The number of anilines is 1. The molecule has 1 unspecified atom stereocenters. The molecular formula is C29H27ClN4O3S2. The molecule has 0 aliphatic carbocycles. The Morgan fingerprint density at radius 2 is 1.79 bits per heavy atom. The Labute approximate surface area is 237 Å². The fraction of sp³-hybridized carbons (Fsp3) is 0.172. The minimum atomic E-state index is -3.86. The molecular weight excluding hydrogens is 552 g/mol. The van der Waals surface area contributed by atoms with Crippen molar-refractivity contribution in [3.8, 4) is 11.3 Å². The number of pyridine rings is 1. The van der Waals surface area contributed by atoms with Crippen molar-refractivity contribution in [2.75, 3.05) is 11.9 Å². The van der Waals surface area contributed by atoms with Crippen molar-refractivity contribution < 1.29 is 13.2 Å². The van der Waals surface area contributed by atoms with Crippen molar-refractivity contribution in [2.45, 2.75) is 30.3 Å². The zero-order valence-electron chi connectivity index (χ0n) is 21.2. The van der Waals surface area contributed by atoms with Gasteiger partial charge in [-0.2, -0.15) is 4.31 Å². The van der Waals surface area contributed by atoms with Gasteiger partial charge in [0, 0.05) is 25.2 Å². The normalized spacial score (nSPS) is 15.4. The molecule has 2 aromatic carbocycles. The Bertz CT molecular complexity index is 1600. The number of hydrogen-bond acceptors (Lipinski definition) is 6. The van der Waals surface area contributed by atoms with Gasteiger partial charge in [0.25, 0.3) is 10.0 Å². The molecule has 1 atom stereocenters. The van der Waals surface area contributed by atoms with E-state index in [0.717, 1.165) is 39.3 Å². The van der Waals surface area contributed by atoms with Gasteiger partial charge >= 0.3 is 0 Å². The van der Waals surface area contributed by atoms with Crippen molar-refractivity contribution in [2.24, 2.45) is 0 Å². The van der Waals surface area contributed by atoms with Crippen LogP contribution in [0.3, 0.4) is 0 Å². The van der Waals surface area contributed by atoms with Gasteiger partial charge in [0.1, 0.15) is 16.1 Å². The van der Waals surface area contributed by atoms with Crippen LogP contribution in [0.1, 0.15) is 16.7 Å². The van der Waals surface area contributed by atoms with Gasteiger partial charge in [0.2, 0.25) is 5.91 Å². The molecule has 0 radical (unpaired) electrons. The minimum Gasteiger partial charge on any atom is -0.366 e. The molecule has 200 valence electrons. The number of halogens is 1. The first-order valence-electron chi connectivity index (χ1n) is 12.4. The Kier molecular flexibility index (Phi) is 8.13. The Morgan fingerprint density at radius 1 is 1.03 bits per heavy atom.